The molecule has 110 valence electrons. The number of hydrogen-bond acceptors (Lipinski definition) is 5. The Morgan fingerprint density at radius 2 is 1.77 bits per heavy atom. The van der Waals surface area contributed by atoms with Gasteiger partial charge in [-0.25, -0.2) is 4.98 Å². The maximum absolute atomic E-state index is 11.1. The standard InChI is InChI=1S/C16H13N3O3/c1-10-9-16(18-11(2)17-10)22-15-8-7-14(19(20)21)12-5-3-4-6-13(12)15/h3-9H,1-2H3. The predicted octanol–water partition coefficient (Wildman–Crippen LogP) is 3.95. The number of ether oxygens (including phenoxy) is 1. The molecule has 6 nitrogen and oxygen atoms in total. The Bertz CT molecular complexity index is 857. The van der Waals surface area contributed by atoms with Gasteiger partial charge in [-0.05, 0) is 26.0 Å². The molecule has 0 saturated heterocycles. The first-order valence-corrected chi connectivity index (χ1v) is 6.71. The van der Waals surface area contributed by atoms with E-state index in [1.54, 1.807) is 37.3 Å². The Kier molecular flexibility index (Phi) is 3.42. The minimum absolute atomic E-state index is 0.0537. The number of rotatable bonds is 3. The molecule has 0 aliphatic carbocycles. The van der Waals surface area contributed by atoms with E-state index in [9.17, 15) is 10.1 Å². The zero-order valence-corrected chi connectivity index (χ0v) is 12.1. The van der Waals surface area contributed by atoms with Crippen LogP contribution in [0.15, 0.2) is 42.5 Å². The lowest BCUT2D eigenvalue weighted by atomic mass is 10.1. The van der Waals surface area contributed by atoms with Crippen LogP contribution in [0.25, 0.3) is 10.8 Å². The second-order valence-electron chi connectivity index (χ2n) is 4.88. The summed E-state index contributed by atoms with van der Waals surface area (Å²) >= 11 is 0. The van der Waals surface area contributed by atoms with Gasteiger partial charge in [0.15, 0.2) is 0 Å². The van der Waals surface area contributed by atoms with Gasteiger partial charge in [-0.3, -0.25) is 10.1 Å². The molecule has 0 aliphatic rings. The number of fused-ring (bicyclic) bond motifs is 1. The Hall–Kier alpha value is -3.02. The third-order valence-electron chi connectivity index (χ3n) is 3.21. The van der Waals surface area contributed by atoms with Crippen molar-refractivity contribution in [2.45, 2.75) is 13.8 Å². The normalized spacial score (nSPS) is 10.6. The molecule has 6 heteroatoms. The number of benzene rings is 2. The van der Waals surface area contributed by atoms with Gasteiger partial charge in [0.1, 0.15) is 11.6 Å². The first kappa shape index (κ1) is 13.9. The average Bonchev–Trinajstić information content (AvgIpc) is 2.46. The van der Waals surface area contributed by atoms with Crippen LogP contribution in [-0.4, -0.2) is 14.9 Å². The highest BCUT2D eigenvalue weighted by Crippen LogP contribution is 2.34. The maximum Gasteiger partial charge on any atom is 0.277 e. The SMILES string of the molecule is Cc1cc(Oc2ccc([N+](=O)[O-])c3ccccc23)nc(C)n1. The highest BCUT2D eigenvalue weighted by molar-refractivity contribution is 5.95. The zero-order chi connectivity index (χ0) is 15.7. The molecule has 1 aromatic heterocycles. The molecule has 0 fully saturated rings. The van der Waals surface area contributed by atoms with E-state index in [1.165, 1.54) is 6.07 Å². The Morgan fingerprint density at radius 3 is 2.45 bits per heavy atom. The molecule has 3 aromatic rings. The Labute approximate surface area is 126 Å². The highest BCUT2D eigenvalue weighted by atomic mass is 16.6. The van der Waals surface area contributed by atoms with Crippen molar-refractivity contribution in [1.29, 1.82) is 0 Å². The number of nitro groups is 1. The highest BCUT2D eigenvalue weighted by Gasteiger charge is 2.15. The topological polar surface area (TPSA) is 78.2 Å². The summed E-state index contributed by atoms with van der Waals surface area (Å²) in [6.07, 6.45) is 0. The van der Waals surface area contributed by atoms with E-state index in [1.807, 2.05) is 13.0 Å². The minimum atomic E-state index is -0.398. The monoisotopic (exact) mass is 295 g/mol. The quantitative estimate of drug-likeness (QED) is 0.540. The lowest BCUT2D eigenvalue weighted by Crippen LogP contribution is -1.96. The van der Waals surface area contributed by atoms with E-state index in [-0.39, 0.29) is 5.69 Å². The van der Waals surface area contributed by atoms with Crippen molar-refractivity contribution in [2.24, 2.45) is 0 Å². The number of non-ortho nitro benzene ring substituents is 1. The largest absolute Gasteiger partial charge is 0.438 e. The summed E-state index contributed by atoms with van der Waals surface area (Å²) in [7, 11) is 0. The van der Waals surface area contributed by atoms with Crippen molar-refractivity contribution in [3.05, 3.63) is 64.1 Å². The number of aromatic nitrogens is 2. The van der Waals surface area contributed by atoms with Crippen LogP contribution in [0.5, 0.6) is 11.6 Å². The van der Waals surface area contributed by atoms with Gasteiger partial charge >= 0.3 is 0 Å². The van der Waals surface area contributed by atoms with Crippen LogP contribution in [0.4, 0.5) is 5.69 Å². The number of nitrogens with zero attached hydrogens (tertiary/aromatic N) is 3. The molecule has 0 saturated carbocycles. The van der Waals surface area contributed by atoms with E-state index in [4.69, 9.17) is 4.74 Å². The number of nitro benzene ring substituents is 1. The summed E-state index contributed by atoms with van der Waals surface area (Å²) in [5.74, 6) is 1.56. The molecule has 2 aromatic carbocycles. The van der Waals surface area contributed by atoms with Crippen LogP contribution >= 0.6 is 0 Å². The third kappa shape index (κ3) is 2.58. The van der Waals surface area contributed by atoms with Gasteiger partial charge in [0.05, 0.1) is 10.3 Å². The second-order valence-corrected chi connectivity index (χ2v) is 4.88. The van der Waals surface area contributed by atoms with Crippen molar-refractivity contribution in [3.63, 3.8) is 0 Å². The van der Waals surface area contributed by atoms with Crippen LogP contribution in [0.2, 0.25) is 0 Å². The lowest BCUT2D eigenvalue weighted by Gasteiger charge is -2.09. The van der Waals surface area contributed by atoms with Crippen molar-refractivity contribution in [3.8, 4) is 11.6 Å². The third-order valence-corrected chi connectivity index (χ3v) is 3.21. The molecular weight excluding hydrogens is 282 g/mol. The summed E-state index contributed by atoms with van der Waals surface area (Å²) in [6.45, 7) is 3.64. The molecule has 0 aliphatic heterocycles. The fourth-order valence-electron chi connectivity index (χ4n) is 2.35. The van der Waals surface area contributed by atoms with E-state index in [0.29, 0.717) is 28.2 Å². The number of aryl methyl sites for hydroxylation is 2. The summed E-state index contributed by atoms with van der Waals surface area (Å²) in [5.41, 5.74) is 0.853. The van der Waals surface area contributed by atoms with E-state index in [0.717, 1.165) is 5.69 Å². The van der Waals surface area contributed by atoms with Crippen LogP contribution in [-0.2, 0) is 0 Å². The van der Waals surface area contributed by atoms with Crippen LogP contribution in [0, 0.1) is 24.0 Å². The van der Waals surface area contributed by atoms with Crippen molar-refractivity contribution < 1.29 is 9.66 Å². The molecule has 3 rings (SSSR count). The molecule has 0 atom stereocenters. The van der Waals surface area contributed by atoms with E-state index >= 15 is 0 Å². The molecule has 0 spiro atoms. The lowest BCUT2D eigenvalue weighted by molar-refractivity contribution is -0.383. The fraction of sp³-hybridized carbons (Fsp3) is 0.125. The Balaban J connectivity index is 2.12. The molecule has 22 heavy (non-hydrogen) atoms. The number of hydrogen-bond donors (Lipinski definition) is 0. The smallest absolute Gasteiger partial charge is 0.277 e. The van der Waals surface area contributed by atoms with Crippen molar-refractivity contribution in [1.82, 2.24) is 9.97 Å². The molecule has 0 bridgehead atoms. The predicted molar refractivity (Wildman–Crippen MR) is 82.2 cm³/mol. The molecule has 0 N–H and O–H groups in total. The second kappa shape index (κ2) is 5.40. The summed E-state index contributed by atoms with van der Waals surface area (Å²) in [6, 6.07) is 11.8. The van der Waals surface area contributed by atoms with Crippen LogP contribution < -0.4 is 4.74 Å². The Morgan fingerprint density at radius 1 is 1.05 bits per heavy atom. The van der Waals surface area contributed by atoms with E-state index in [2.05, 4.69) is 9.97 Å². The summed E-state index contributed by atoms with van der Waals surface area (Å²) in [5, 5.41) is 12.3. The van der Waals surface area contributed by atoms with Gasteiger partial charge in [-0.1, -0.05) is 18.2 Å². The molecule has 1 heterocycles. The van der Waals surface area contributed by atoms with Gasteiger partial charge in [0.2, 0.25) is 5.88 Å². The van der Waals surface area contributed by atoms with E-state index < -0.39 is 4.92 Å². The zero-order valence-electron chi connectivity index (χ0n) is 12.1. The average molecular weight is 295 g/mol. The maximum atomic E-state index is 11.1. The van der Waals surface area contributed by atoms with Gasteiger partial charge in [-0.2, -0.15) is 4.98 Å². The molecular formula is C16H13N3O3. The summed E-state index contributed by atoms with van der Waals surface area (Å²) < 4.78 is 5.81. The van der Waals surface area contributed by atoms with Gasteiger partial charge in [0.25, 0.3) is 5.69 Å². The van der Waals surface area contributed by atoms with Crippen molar-refractivity contribution >= 4 is 16.5 Å². The van der Waals surface area contributed by atoms with Crippen molar-refractivity contribution in [2.75, 3.05) is 0 Å². The first-order chi connectivity index (χ1) is 10.5. The fourth-order valence-corrected chi connectivity index (χ4v) is 2.35. The molecule has 0 radical (unpaired) electrons. The van der Waals surface area contributed by atoms with Crippen LogP contribution in [0.1, 0.15) is 11.5 Å². The minimum Gasteiger partial charge on any atom is -0.438 e. The van der Waals surface area contributed by atoms with Crippen LogP contribution in [0.3, 0.4) is 0 Å². The van der Waals surface area contributed by atoms with Gasteiger partial charge in [0, 0.05) is 23.2 Å². The summed E-state index contributed by atoms with van der Waals surface area (Å²) in [4.78, 5) is 19.1. The first-order valence-electron chi connectivity index (χ1n) is 6.71. The molecule has 0 unspecified atom stereocenters. The van der Waals surface area contributed by atoms with Gasteiger partial charge < -0.3 is 4.74 Å². The molecule has 0 amide bonds. The van der Waals surface area contributed by atoms with Gasteiger partial charge in [-0.15, -0.1) is 0 Å².